The van der Waals surface area contributed by atoms with Crippen molar-refractivity contribution in [3.8, 4) is 0 Å². The average Bonchev–Trinajstić information content (AvgIpc) is 2.38. The molecule has 21 heavy (non-hydrogen) atoms. The molecule has 0 aromatic heterocycles. The van der Waals surface area contributed by atoms with Crippen LogP contribution in [0.25, 0.3) is 0 Å². The van der Waals surface area contributed by atoms with Crippen molar-refractivity contribution in [1.29, 1.82) is 0 Å². The van der Waals surface area contributed by atoms with Gasteiger partial charge >= 0.3 is 0 Å². The quantitative estimate of drug-likeness (QED) is 0.310. The van der Waals surface area contributed by atoms with Gasteiger partial charge in [-0.25, -0.2) is 0 Å². The Morgan fingerprint density at radius 2 is 1.29 bits per heavy atom. The molecule has 0 aromatic rings. The first-order valence-corrected chi connectivity index (χ1v) is 9.22. The minimum Gasteiger partial charge on any atom is -0.392 e. The van der Waals surface area contributed by atoms with Gasteiger partial charge in [-0.3, -0.25) is 0 Å². The maximum absolute atomic E-state index is 8.83. The molecule has 0 aromatic carbocycles. The lowest BCUT2D eigenvalue weighted by atomic mass is 10.1. The van der Waals surface area contributed by atoms with E-state index in [9.17, 15) is 0 Å². The van der Waals surface area contributed by atoms with Crippen molar-refractivity contribution in [2.24, 2.45) is 17.8 Å². The molecule has 0 aliphatic carbocycles. The highest BCUT2D eigenvalue weighted by molar-refractivity contribution is 4.97. The van der Waals surface area contributed by atoms with Crippen LogP contribution in [0.5, 0.6) is 0 Å². The third-order valence-electron chi connectivity index (χ3n) is 4.58. The van der Waals surface area contributed by atoms with Crippen LogP contribution in [0.2, 0.25) is 0 Å². The second kappa shape index (κ2) is 13.4. The molecule has 1 nitrogen and oxygen atoms in total. The predicted octanol–water partition coefficient (Wildman–Crippen LogP) is 6.36. The van der Waals surface area contributed by atoms with Gasteiger partial charge < -0.3 is 5.11 Å². The van der Waals surface area contributed by atoms with Crippen LogP contribution >= 0.6 is 0 Å². The maximum atomic E-state index is 8.83. The van der Waals surface area contributed by atoms with E-state index in [-0.39, 0.29) is 6.61 Å². The molecule has 3 atom stereocenters. The summed E-state index contributed by atoms with van der Waals surface area (Å²) in [6.45, 7) is 11.8. The van der Waals surface area contributed by atoms with E-state index in [1.165, 1.54) is 56.9 Å². The third-order valence-corrected chi connectivity index (χ3v) is 4.58. The molecule has 0 aliphatic rings. The molecular formula is C20H40O. The molecule has 0 saturated carbocycles. The van der Waals surface area contributed by atoms with Crippen molar-refractivity contribution >= 4 is 0 Å². The lowest BCUT2D eigenvalue weighted by Gasteiger charge is -2.15. The number of aliphatic hydroxyl groups is 1. The molecule has 0 spiro atoms. The monoisotopic (exact) mass is 304 g/mol. The van der Waals surface area contributed by atoms with Crippen LogP contribution in [0.1, 0.15) is 92.4 Å². The maximum Gasteiger partial charge on any atom is 0.0614 e. The summed E-state index contributed by atoms with van der Waals surface area (Å²) < 4.78 is 0. The van der Waals surface area contributed by atoms with Crippen molar-refractivity contribution in [3.63, 3.8) is 0 Å². The van der Waals surface area contributed by atoms with E-state index in [1.54, 1.807) is 0 Å². The Morgan fingerprint density at radius 3 is 1.76 bits per heavy atom. The van der Waals surface area contributed by atoms with Crippen LogP contribution < -0.4 is 0 Å². The van der Waals surface area contributed by atoms with Gasteiger partial charge in [0.2, 0.25) is 0 Å². The molecule has 0 aliphatic heterocycles. The number of hydrogen-bond acceptors (Lipinski definition) is 1. The van der Waals surface area contributed by atoms with Crippen molar-refractivity contribution in [3.05, 3.63) is 11.6 Å². The van der Waals surface area contributed by atoms with Crippen molar-refractivity contribution in [2.45, 2.75) is 92.4 Å². The van der Waals surface area contributed by atoms with E-state index in [2.05, 4.69) is 34.6 Å². The molecule has 0 bridgehead atoms. The third kappa shape index (κ3) is 14.4. The molecule has 1 N–H and O–H groups in total. The minimum atomic E-state index is 0.191. The fourth-order valence-electron chi connectivity index (χ4n) is 2.97. The Labute approximate surface area is 134 Å². The summed E-state index contributed by atoms with van der Waals surface area (Å²) in [4.78, 5) is 0. The van der Waals surface area contributed by atoms with Gasteiger partial charge in [0, 0.05) is 0 Å². The molecule has 0 amide bonds. The van der Waals surface area contributed by atoms with E-state index in [4.69, 9.17) is 5.11 Å². The first-order valence-electron chi connectivity index (χ1n) is 9.22. The van der Waals surface area contributed by atoms with Crippen LogP contribution in [-0.4, -0.2) is 11.7 Å². The zero-order valence-corrected chi connectivity index (χ0v) is 15.3. The molecule has 0 rings (SSSR count). The lowest BCUT2D eigenvalue weighted by Crippen LogP contribution is -2.00. The van der Waals surface area contributed by atoms with Crippen molar-refractivity contribution < 1.29 is 5.11 Å². The molecule has 0 radical (unpaired) electrons. The highest BCUT2D eigenvalue weighted by Crippen LogP contribution is 2.21. The largest absolute Gasteiger partial charge is 0.392 e. The Bertz CT molecular complexity index is 255. The Kier molecular flexibility index (Phi) is 13.2. The van der Waals surface area contributed by atoms with E-state index in [1.807, 2.05) is 6.08 Å². The van der Waals surface area contributed by atoms with Gasteiger partial charge in [0.15, 0.2) is 0 Å². The predicted molar refractivity (Wildman–Crippen MR) is 95.6 cm³/mol. The van der Waals surface area contributed by atoms with Crippen LogP contribution in [0.15, 0.2) is 11.6 Å². The molecule has 0 fully saturated rings. The Hall–Kier alpha value is -0.300. The van der Waals surface area contributed by atoms with Gasteiger partial charge in [-0.1, -0.05) is 84.3 Å². The zero-order chi connectivity index (χ0) is 16.1. The Balaban J connectivity index is 3.52. The molecule has 0 saturated heterocycles. The highest BCUT2D eigenvalue weighted by Gasteiger charge is 2.06. The number of aliphatic hydroxyl groups excluding tert-OH is 1. The van der Waals surface area contributed by atoms with Crippen LogP contribution in [0.4, 0.5) is 0 Å². The van der Waals surface area contributed by atoms with E-state index < -0.39 is 0 Å². The standard InChI is InChI=1S/C20H40O/c1-17(2)9-6-10-18(3)11-7-12-19(4)13-8-14-20(5)15-16-21/h15,17-19,21H,6-14,16H2,1-5H3/b20-15+/t18-,19-/m1/s1/i1+1,3+1,4+1,5+1,6+1,7+1,8+1,16+1/t17?,18-,19-. The average molecular weight is 304 g/mol. The number of hydrogen-bond donors (Lipinski definition) is 1. The molecule has 0 heterocycles. The molecule has 126 valence electrons. The Morgan fingerprint density at radius 1 is 0.810 bits per heavy atom. The summed E-state index contributed by atoms with van der Waals surface area (Å²) in [7, 11) is 0. The van der Waals surface area contributed by atoms with Crippen LogP contribution in [0.3, 0.4) is 0 Å². The van der Waals surface area contributed by atoms with Crippen molar-refractivity contribution in [1.82, 2.24) is 0 Å². The minimum absolute atomic E-state index is 0.191. The number of rotatable bonds is 13. The fraction of sp³-hybridized carbons (Fsp3) is 0.900. The van der Waals surface area contributed by atoms with Crippen molar-refractivity contribution in [2.75, 3.05) is 6.61 Å². The smallest absolute Gasteiger partial charge is 0.0614 e. The molecule has 1 heteroatoms. The normalized spacial score (nSPS) is 16.8. The van der Waals surface area contributed by atoms with Crippen LogP contribution in [-0.2, 0) is 0 Å². The molecular weight excluding hydrogens is 264 g/mol. The van der Waals surface area contributed by atoms with Gasteiger partial charge in [-0.15, -0.1) is 0 Å². The van der Waals surface area contributed by atoms with Gasteiger partial charge in [0.25, 0.3) is 0 Å². The summed E-state index contributed by atoms with van der Waals surface area (Å²) in [5, 5.41) is 8.83. The van der Waals surface area contributed by atoms with Crippen LogP contribution in [0, 0.1) is 17.8 Å². The number of allylic oxidation sites excluding steroid dienone is 1. The SMILES string of the molecule is CC([13CH3])C[13CH2]C[C@@H]([13CH3])C[13CH2]C[C@@H]([13CH3])C[13CH2]C/C([13CH3])=C/[13CH2]O. The summed E-state index contributed by atoms with van der Waals surface area (Å²) in [6, 6.07) is 0. The summed E-state index contributed by atoms with van der Waals surface area (Å²) in [5.41, 5.74) is 1.34. The summed E-state index contributed by atoms with van der Waals surface area (Å²) in [5.74, 6) is 2.63. The van der Waals surface area contributed by atoms with Gasteiger partial charge in [0.1, 0.15) is 0 Å². The van der Waals surface area contributed by atoms with E-state index in [0.29, 0.717) is 0 Å². The molecule has 1 unspecified atom stereocenters. The topological polar surface area (TPSA) is 20.2 Å². The summed E-state index contributed by atoms with van der Waals surface area (Å²) in [6.07, 6.45) is 14.1. The van der Waals surface area contributed by atoms with Gasteiger partial charge in [-0.05, 0) is 37.5 Å². The first-order chi connectivity index (χ1) is 9.95. The van der Waals surface area contributed by atoms with E-state index >= 15 is 0 Å². The second-order valence-electron chi connectivity index (χ2n) is 7.59. The first kappa shape index (κ1) is 20.7. The van der Waals surface area contributed by atoms with Gasteiger partial charge in [0.05, 0.1) is 6.61 Å². The highest BCUT2D eigenvalue weighted by atomic mass is 16.3. The zero-order valence-electron chi connectivity index (χ0n) is 15.3. The van der Waals surface area contributed by atoms with Gasteiger partial charge in [-0.2, -0.15) is 0 Å². The summed E-state index contributed by atoms with van der Waals surface area (Å²) >= 11 is 0. The lowest BCUT2D eigenvalue weighted by molar-refractivity contribution is 0.341. The fourth-order valence-corrected chi connectivity index (χ4v) is 2.97. The second-order valence-corrected chi connectivity index (χ2v) is 7.59. The van der Waals surface area contributed by atoms with E-state index in [0.717, 1.165) is 24.2 Å².